The van der Waals surface area contributed by atoms with Crippen LogP contribution in [-0.4, -0.2) is 23.8 Å². The van der Waals surface area contributed by atoms with Crippen molar-refractivity contribution in [2.45, 2.75) is 6.55 Å². The first kappa shape index (κ1) is 8.67. The van der Waals surface area contributed by atoms with Gasteiger partial charge in [-0.15, -0.1) is 0 Å². The van der Waals surface area contributed by atoms with Crippen LogP contribution in [0.15, 0.2) is 30.3 Å². The third-order valence-electron chi connectivity index (χ3n) is 1.41. The van der Waals surface area contributed by atoms with Crippen molar-refractivity contribution in [2.24, 2.45) is 0 Å². The summed E-state index contributed by atoms with van der Waals surface area (Å²) in [6.07, 6.45) is 0. The van der Waals surface area contributed by atoms with E-state index in [1.54, 1.807) is 0 Å². The smallest absolute Gasteiger partial charge is 0.342 e. The van der Waals surface area contributed by atoms with Crippen LogP contribution >= 0.6 is 0 Å². The number of benzene rings is 1. The molecule has 0 amide bonds. The molecular weight excluding hydrogens is 172 g/mol. The molecule has 1 aromatic carbocycles. The molecule has 0 bridgehead atoms. The lowest BCUT2D eigenvalue weighted by molar-refractivity contribution is 0.449. The highest BCUT2D eigenvalue weighted by molar-refractivity contribution is 6.64. The first-order valence-electron chi connectivity index (χ1n) is 3.69. The van der Waals surface area contributed by atoms with Crippen molar-refractivity contribution in [3.05, 3.63) is 30.3 Å². The Kier molecular flexibility index (Phi) is 3.51. The van der Waals surface area contributed by atoms with E-state index in [0.29, 0.717) is 0 Å². The molecule has 1 unspecified atom stereocenters. The van der Waals surface area contributed by atoms with E-state index in [2.05, 4.69) is 0 Å². The molecule has 0 saturated carbocycles. The number of hydrogen-bond donors (Lipinski definition) is 1. The summed E-state index contributed by atoms with van der Waals surface area (Å²) in [6.45, 7) is 2.03. The molecule has 11 heavy (non-hydrogen) atoms. The van der Waals surface area contributed by atoms with Crippen LogP contribution in [0.3, 0.4) is 0 Å². The van der Waals surface area contributed by atoms with Crippen LogP contribution in [0.5, 0.6) is 0 Å². The summed E-state index contributed by atoms with van der Waals surface area (Å²) in [5.41, 5.74) is 0. The van der Waals surface area contributed by atoms with E-state index in [1.165, 1.54) is 0 Å². The van der Waals surface area contributed by atoms with E-state index in [1.807, 2.05) is 36.9 Å². The molecule has 0 aromatic heterocycles. The molecular formula is C7H12O2Si2. The Morgan fingerprint density at radius 1 is 1.36 bits per heavy atom. The zero-order valence-electron chi connectivity index (χ0n) is 6.53. The van der Waals surface area contributed by atoms with E-state index < -0.39 is 19.0 Å². The molecule has 0 aliphatic heterocycles. The molecule has 0 saturated heterocycles. The van der Waals surface area contributed by atoms with Gasteiger partial charge >= 0.3 is 9.28 Å². The summed E-state index contributed by atoms with van der Waals surface area (Å²) < 4.78 is 5.26. The van der Waals surface area contributed by atoms with Gasteiger partial charge in [0.05, 0.1) is 0 Å². The highest BCUT2D eigenvalue weighted by atomic mass is 28.4. The van der Waals surface area contributed by atoms with E-state index in [9.17, 15) is 4.80 Å². The van der Waals surface area contributed by atoms with Crippen LogP contribution in [0.4, 0.5) is 0 Å². The summed E-state index contributed by atoms with van der Waals surface area (Å²) in [6, 6.07) is 9.62. The Bertz CT molecular complexity index is 203. The van der Waals surface area contributed by atoms with Gasteiger partial charge in [-0.3, -0.25) is 0 Å². The predicted molar refractivity (Wildman–Crippen MR) is 50.9 cm³/mol. The van der Waals surface area contributed by atoms with Crippen molar-refractivity contribution in [2.75, 3.05) is 0 Å². The summed E-state index contributed by atoms with van der Waals surface area (Å²) in [7, 11) is -2.46. The average molecular weight is 184 g/mol. The molecule has 4 heteroatoms. The third-order valence-corrected chi connectivity index (χ3v) is 4.96. The standard InChI is InChI=1S/C7H12O2Si2/c1-10-9-11(8)7-5-3-2-4-6-7/h2-6,8,11H,10H2,1H3. The maximum Gasteiger partial charge on any atom is 0.342 e. The normalized spacial score (nSPS) is 14.0. The number of rotatable bonds is 3. The van der Waals surface area contributed by atoms with Crippen molar-refractivity contribution in [3.8, 4) is 0 Å². The first-order chi connectivity index (χ1) is 5.34. The van der Waals surface area contributed by atoms with Crippen LogP contribution in [-0.2, 0) is 4.12 Å². The quantitative estimate of drug-likeness (QED) is 0.627. The van der Waals surface area contributed by atoms with Crippen LogP contribution in [0, 0.1) is 0 Å². The summed E-state index contributed by atoms with van der Waals surface area (Å²) >= 11 is 0. The van der Waals surface area contributed by atoms with Gasteiger partial charge in [-0.05, 0) is 5.19 Å². The SMILES string of the molecule is C[SiH2]O[SiH](O)c1ccccc1. The molecule has 1 aromatic rings. The zero-order chi connectivity index (χ0) is 8.10. The minimum absolute atomic E-state index is 0.466. The van der Waals surface area contributed by atoms with E-state index in [-0.39, 0.29) is 0 Å². The Balaban J connectivity index is 2.61. The lowest BCUT2D eigenvalue weighted by Crippen LogP contribution is -2.34. The van der Waals surface area contributed by atoms with Gasteiger partial charge in [-0.1, -0.05) is 36.9 Å². The zero-order valence-corrected chi connectivity index (χ0v) is 9.10. The molecule has 0 heterocycles. The highest BCUT2D eigenvalue weighted by Gasteiger charge is 2.07. The van der Waals surface area contributed by atoms with Crippen molar-refractivity contribution < 1.29 is 8.91 Å². The molecule has 1 rings (SSSR count). The van der Waals surface area contributed by atoms with Crippen molar-refractivity contribution in [1.82, 2.24) is 0 Å². The first-order valence-corrected chi connectivity index (χ1v) is 7.25. The largest absolute Gasteiger partial charge is 0.441 e. The van der Waals surface area contributed by atoms with Gasteiger partial charge in [0.15, 0.2) is 0 Å². The van der Waals surface area contributed by atoms with E-state index >= 15 is 0 Å². The molecule has 0 aliphatic carbocycles. The molecule has 60 valence electrons. The Hall–Kier alpha value is -0.426. The van der Waals surface area contributed by atoms with Gasteiger partial charge in [0.2, 0.25) is 0 Å². The van der Waals surface area contributed by atoms with Crippen molar-refractivity contribution in [3.63, 3.8) is 0 Å². The Morgan fingerprint density at radius 3 is 2.55 bits per heavy atom. The van der Waals surface area contributed by atoms with Gasteiger partial charge in [0, 0.05) is 0 Å². The summed E-state index contributed by atoms with van der Waals surface area (Å²) in [5, 5.41) is 0.974. The second kappa shape index (κ2) is 4.45. The van der Waals surface area contributed by atoms with Crippen LogP contribution < -0.4 is 5.19 Å². The maximum atomic E-state index is 9.47. The lowest BCUT2D eigenvalue weighted by atomic mass is 10.4. The van der Waals surface area contributed by atoms with Crippen LogP contribution in [0.2, 0.25) is 6.55 Å². The second-order valence-electron chi connectivity index (χ2n) is 2.22. The third kappa shape index (κ3) is 2.59. The molecule has 0 aliphatic rings. The maximum absolute atomic E-state index is 9.47. The second-order valence-corrected chi connectivity index (χ2v) is 5.50. The summed E-state index contributed by atoms with van der Waals surface area (Å²) in [5.74, 6) is 0. The lowest BCUT2D eigenvalue weighted by Gasteiger charge is -2.07. The van der Waals surface area contributed by atoms with Crippen molar-refractivity contribution in [1.29, 1.82) is 0 Å². The fourth-order valence-corrected chi connectivity index (χ4v) is 3.46. The molecule has 0 spiro atoms. The van der Waals surface area contributed by atoms with Crippen molar-refractivity contribution >= 4 is 24.2 Å². The van der Waals surface area contributed by atoms with Gasteiger partial charge in [0.25, 0.3) is 0 Å². The minimum atomic E-state index is -2.00. The van der Waals surface area contributed by atoms with Gasteiger partial charge in [0.1, 0.15) is 9.76 Å². The molecule has 0 radical (unpaired) electrons. The van der Waals surface area contributed by atoms with Crippen LogP contribution in [0.1, 0.15) is 0 Å². The van der Waals surface area contributed by atoms with E-state index in [0.717, 1.165) is 5.19 Å². The highest BCUT2D eigenvalue weighted by Crippen LogP contribution is 1.86. The average Bonchev–Trinajstić information content (AvgIpc) is 2.07. The van der Waals surface area contributed by atoms with Gasteiger partial charge < -0.3 is 8.91 Å². The molecule has 1 atom stereocenters. The van der Waals surface area contributed by atoms with Gasteiger partial charge in [-0.2, -0.15) is 0 Å². The fourth-order valence-electron chi connectivity index (χ4n) is 0.872. The van der Waals surface area contributed by atoms with Crippen LogP contribution in [0.25, 0.3) is 0 Å². The predicted octanol–water partition coefficient (Wildman–Crippen LogP) is -0.745. The topological polar surface area (TPSA) is 29.5 Å². The Labute approximate surface area is 70.6 Å². The number of hydrogen-bond acceptors (Lipinski definition) is 2. The summed E-state index contributed by atoms with van der Waals surface area (Å²) in [4.78, 5) is 9.47. The fraction of sp³-hybridized carbons (Fsp3) is 0.143. The Morgan fingerprint density at radius 2 is 2.00 bits per heavy atom. The monoisotopic (exact) mass is 184 g/mol. The molecule has 1 N–H and O–H groups in total. The van der Waals surface area contributed by atoms with Gasteiger partial charge in [-0.25, -0.2) is 0 Å². The molecule has 2 nitrogen and oxygen atoms in total. The molecule has 0 fully saturated rings. The minimum Gasteiger partial charge on any atom is -0.441 e. The van der Waals surface area contributed by atoms with E-state index in [4.69, 9.17) is 4.12 Å².